The predicted molar refractivity (Wildman–Crippen MR) is 105 cm³/mol. The monoisotopic (exact) mass is 371 g/mol. The van der Waals surface area contributed by atoms with Gasteiger partial charge in [0.2, 0.25) is 0 Å². The van der Waals surface area contributed by atoms with Gasteiger partial charge in [-0.15, -0.1) is 0 Å². The average Bonchev–Trinajstić information content (AvgIpc) is 3.06. The zero-order valence-electron chi connectivity index (χ0n) is 14.4. The molecular formula is C20H22ClN3O2. The van der Waals surface area contributed by atoms with Crippen LogP contribution in [0.25, 0.3) is 10.9 Å². The molecule has 2 aromatic carbocycles. The molecule has 0 radical (unpaired) electrons. The molecule has 3 rings (SSSR count). The van der Waals surface area contributed by atoms with Crippen molar-refractivity contribution in [2.75, 3.05) is 19.7 Å². The highest BCUT2D eigenvalue weighted by atomic mass is 35.5. The molecule has 6 heteroatoms. The molecule has 3 aromatic rings. The number of urea groups is 1. The molecule has 0 aliphatic rings. The quantitative estimate of drug-likeness (QED) is 0.521. The van der Waals surface area contributed by atoms with E-state index in [1.807, 2.05) is 42.6 Å². The largest absolute Gasteiger partial charge is 0.492 e. The zero-order valence-corrected chi connectivity index (χ0v) is 15.2. The van der Waals surface area contributed by atoms with Gasteiger partial charge in [0.1, 0.15) is 5.75 Å². The number of hydrogen-bond donors (Lipinski definition) is 3. The molecule has 0 saturated heterocycles. The van der Waals surface area contributed by atoms with E-state index in [0.717, 1.165) is 11.9 Å². The Labute approximate surface area is 157 Å². The Bertz CT molecular complexity index is 863. The van der Waals surface area contributed by atoms with Crippen molar-refractivity contribution in [3.63, 3.8) is 0 Å². The van der Waals surface area contributed by atoms with Crippen LogP contribution < -0.4 is 15.4 Å². The van der Waals surface area contributed by atoms with Gasteiger partial charge in [-0.1, -0.05) is 41.9 Å². The molecule has 0 saturated carbocycles. The number of carbonyl (C=O) groups is 1. The van der Waals surface area contributed by atoms with Crippen molar-refractivity contribution < 1.29 is 9.53 Å². The standard InChI is InChI=1S/C20H22ClN3O2/c21-17-7-2-4-9-19(17)26-13-5-11-22-20(25)23-12-10-15-14-24-18-8-3-1-6-16(15)18/h1-4,6-9,14,24H,5,10-13H2,(H2,22,23,25). The van der Waals surface area contributed by atoms with Gasteiger partial charge in [-0.2, -0.15) is 0 Å². The molecule has 1 heterocycles. The number of benzene rings is 2. The van der Waals surface area contributed by atoms with Crippen LogP contribution >= 0.6 is 11.6 Å². The lowest BCUT2D eigenvalue weighted by molar-refractivity contribution is 0.239. The minimum Gasteiger partial charge on any atom is -0.492 e. The Morgan fingerprint density at radius 1 is 1.04 bits per heavy atom. The normalized spacial score (nSPS) is 10.7. The molecule has 0 fully saturated rings. The number of halogens is 1. The van der Waals surface area contributed by atoms with Gasteiger partial charge in [0.05, 0.1) is 11.6 Å². The summed E-state index contributed by atoms with van der Waals surface area (Å²) in [5, 5.41) is 7.50. The second kappa shape index (κ2) is 9.15. The first-order valence-corrected chi connectivity index (χ1v) is 9.06. The molecule has 1 aromatic heterocycles. The number of para-hydroxylation sites is 2. The topological polar surface area (TPSA) is 66.2 Å². The van der Waals surface area contributed by atoms with Gasteiger partial charge in [-0.05, 0) is 36.6 Å². The van der Waals surface area contributed by atoms with E-state index in [9.17, 15) is 4.79 Å². The first-order valence-electron chi connectivity index (χ1n) is 8.68. The van der Waals surface area contributed by atoms with Gasteiger partial charge < -0.3 is 20.4 Å². The van der Waals surface area contributed by atoms with E-state index in [0.29, 0.717) is 36.9 Å². The molecule has 0 atom stereocenters. The third-order valence-corrected chi connectivity index (χ3v) is 4.37. The van der Waals surface area contributed by atoms with E-state index in [1.54, 1.807) is 6.07 Å². The number of aromatic nitrogens is 1. The number of aromatic amines is 1. The number of ether oxygens (including phenoxy) is 1. The fraction of sp³-hybridized carbons (Fsp3) is 0.250. The highest BCUT2D eigenvalue weighted by Crippen LogP contribution is 2.23. The Hall–Kier alpha value is -2.66. The second-order valence-corrected chi connectivity index (χ2v) is 6.33. The molecule has 0 unspecified atom stereocenters. The summed E-state index contributed by atoms with van der Waals surface area (Å²) in [5.74, 6) is 0.664. The molecule has 3 N–H and O–H groups in total. The maximum Gasteiger partial charge on any atom is 0.314 e. The summed E-state index contributed by atoms with van der Waals surface area (Å²) in [6.45, 7) is 1.63. The average molecular weight is 372 g/mol. The summed E-state index contributed by atoms with van der Waals surface area (Å²) < 4.78 is 5.58. The van der Waals surface area contributed by atoms with Gasteiger partial charge in [0.25, 0.3) is 0 Å². The number of rotatable bonds is 8. The van der Waals surface area contributed by atoms with Crippen LogP contribution in [0, 0.1) is 0 Å². The highest BCUT2D eigenvalue weighted by molar-refractivity contribution is 6.32. The Kier molecular flexibility index (Phi) is 6.39. The molecule has 26 heavy (non-hydrogen) atoms. The van der Waals surface area contributed by atoms with Crippen LogP contribution in [0.5, 0.6) is 5.75 Å². The van der Waals surface area contributed by atoms with E-state index in [1.165, 1.54) is 10.9 Å². The number of H-pyrrole nitrogens is 1. The van der Waals surface area contributed by atoms with Gasteiger partial charge in [-0.3, -0.25) is 0 Å². The lowest BCUT2D eigenvalue weighted by Crippen LogP contribution is -2.37. The van der Waals surface area contributed by atoms with E-state index < -0.39 is 0 Å². The van der Waals surface area contributed by atoms with Crippen molar-refractivity contribution in [2.45, 2.75) is 12.8 Å². The maximum atomic E-state index is 11.8. The Morgan fingerprint density at radius 2 is 1.81 bits per heavy atom. The Morgan fingerprint density at radius 3 is 2.69 bits per heavy atom. The van der Waals surface area contributed by atoms with Crippen LogP contribution in [0.1, 0.15) is 12.0 Å². The van der Waals surface area contributed by atoms with Crippen molar-refractivity contribution in [3.05, 3.63) is 65.3 Å². The molecular weight excluding hydrogens is 350 g/mol. The fourth-order valence-corrected chi connectivity index (χ4v) is 2.92. The van der Waals surface area contributed by atoms with Crippen LogP contribution in [0.4, 0.5) is 4.79 Å². The number of amides is 2. The van der Waals surface area contributed by atoms with Crippen molar-refractivity contribution >= 4 is 28.5 Å². The maximum absolute atomic E-state index is 11.8. The molecule has 136 valence electrons. The number of carbonyl (C=O) groups excluding carboxylic acids is 1. The smallest absolute Gasteiger partial charge is 0.314 e. The van der Waals surface area contributed by atoms with Crippen LogP contribution in [-0.4, -0.2) is 30.7 Å². The van der Waals surface area contributed by atoms with E-state index in [4.69, 9.17) is 16.3 Å². The van der Waals surface area contributed by atoms with Crippen molar-refractivity contribution in [2.24, 2.45) is 0 Å². The highest BCUT2D eigenvalue weighted by Gasteiger charge is 2.04. The summed E-state index contributed by atoms with van der Waals surface area (Å²) in [6, 6.07) is 15.3. The SMILES string of the molecule is O=C(NCCCOc1ccccc1Cl)NCCc1c[nH]c2ccccc12. The van der Waals surface area contributed by atoms with Gasteiger partial charge in [-0.25, -0.2) is 4.79 Å². The zero-order chi connectivity index (χ0) is 18.2. The van der Waals surface area contributed by atoms with E-state index in [2.05, 4.69) is 21.7 Å². The second-order valence-electron chi connectivity index (χ2n) is 5.92. The summed E-state index contributed by atoms with van der Waals surface area (Å²) in [6.07, 6.45) is 3.49. The minimum absolute atomic E-state index is 0.164. The van der Waals surface area contributed by atoms with Gasteiger partial charge in [0.15, 0.2) is 0 Å². The molecule has 0 aliphatic heterocycles. The van der Waals surface area contributed by atoms with Crippen LogP contribution in [-0.2, 0) is 6.42 Å². The molecule has 0 aliphatic carbocycles. The molecule has 2 amide bonds. The summed E-state index contributed by atoms with van der Waals surface area (Å²) in [5.41, 5.74) is 2.32. The summed E-state index contributed by atoms with van der Waals surface area (Å²) >= 11 is 6.02. The lowest BCUT2D eigenvalue weighted by atomic mass is 10.1. The van der Waals surface area contributed by atoms with Crippen molar-refractivity contribution in [3.8, 4) is 5.75 Å². The first kappa shape index (κ1) is 18.1. The summed E-state index contributed by atoms with van der Waals surface area (Å²) in [7, 11) is 0. The molecule has 0 bridgehead atoms. The van der Waals surface area contributed by atoms with E-state index in [-0.39, 0.29) is 6.03 Å². The first-order chi connectivity index (χ1) is 12.7. The fourth-order valence-electron chi connectivity index (χ4n) is 2.73. The van der Waals surface area contributed by atoms with Gasteiger partial charge in [0, 0.05) is 30.2 Å². The number of hydrogen-bond acceptors (Lipinski definition) is 2. The third kappa shape index (κ3) is 4.92. The molecule has 5 nitrogen and oxygen atoms in total. The summed E-state index contributed by atoms with van der Waals surface area (Å²) in [4.78, 5) is 15.1. The predicted octanol–water partition coefficient (Wildman–Crippen LogP) is 4.13. The third-order valence-electron chi connectivity index (χ3n) is 4.06. The lowest BCUT2D eigenvalue weighted by Gasteiger charge is -2.09. The van der Waals surface area contributed by atoms with E-state index >= 15 is 0 Å². The van der Waals surface area contributed by atoms with Crippen LogP contribution in [0.3, 0.4) is 0 Å². The van der Waals surface area contributed by atoms with Crippen LogP contribution in [0.2, 0.25) is 5.02 Å². The van der Waals surface area contributed by atoms with Gasteiger partial charge >= 0.3 is 6.03 Å². The van der Waals surface area contributed by atoms with Crippen LogP contribution in [0.15, 0.2) is 54.7 Å². The molecule has 0 spiro atoms. The minimum atomic E-state index is -0.164. The Balaban J connectivity index is 1.30. The van der Waals surface area contributed by atoms with Crippen molar-refractivity contribution in [1.82, 2.24) is 15.6 Å². The number of nitrogens with one attached hydrogen (secondary N) is 3. The number of fused-ring (bicyclic) bond motifs is 1. The van der Waals surface area contributed by atoms with Crippen molar-refractivity contribution in [1.29, 1.82) is 0 Å².